The summed E-state index contributed by atoms with van der Waals surface area (Å²) in [4.78, 5) is 11.3. The molecule has 0 aromatic heterocycles. The lowest BCUT2D eigenvalue weighted by Gasteiger charge is -2.40. The maximum absolute atomic E-state index is 11.3. The van der Waals surface area contributed by atoms with Crippen molar-refractivity contribution in [3.8, 4) is 0 Å². The number of carbonyl (C=O) groups is 1. The highest BCUT2D eigenvalue weighted by atomic mass is 32.2. The fourth-order valence-electron chi connectivity index (χ4n) is 1.71. The molecule has 1 aliphatic carbocycles. The largest absolute Gasteiger partial charge is 0.330 e. The molecule has 1 rings (SSSR count). The third-order valence-electron chi connectivity index (χ3n) is 2.68. The Bertz CT molecular complexity index is 314. The Morgan fingerprint density at radius 1 is 1.50 bits per heavy atom. The number of nitrogens with one attached hydrogen (secondary N) is 1. The first-order chi connectivity index (χ1) is 6.37. The van der Waals surface area contributed by atoms with Crippen molar-refractivity contribution < 1.29 is 13.2 Å². The monoisotopic (exact) mass is 220 g/mol. The van der Waals surface area contributed by atoms with Gasteiger partial charge < -0.3 is 5.73 Å². The van der Waals surface area contributed by atoms with E-state index in [0.29, 0.717) is 6.54 Å². The first-order valence-electron chi connectivity index (χ1n) is 4.58. The van der Waals surface area contributed by atoms with Crippen LogP contribution < -0.4 is 10.5 Å². The molecule has 1 amide bonds. The highest BCUT2D eigenvalue weighted by Gasteiger charge is 2.37. The fourth-order valence-corrected chi connectivity index (χ4v) is 2.20. The van der Waals surface area contributed by atoms with E-state index in [1.54, 1.807) is 0 Å². The topological polar surface area (TPSA) is 89.3 Å². The second kappa shape index (κ2) is 3.86. The first-order valence-corrected chi connectivity index (χ1v) is 6.47. The third-order valence-corrected chi connectivity index (χ3v) is 3.28. The Hall–Kier alpha value is -0.620. The summed E-state index contributed by atoms with van der Waals surface area (Å²) in [5, 5.41) is 0. The minimum absolute atomic E-state index is 0.144. The molecule has 0 unspecified atom stereocenters. The van der Waals surface area contributed by atoms with E-state index < -0.39 is 15.9 Å². The van der Waals surface area contributed by atoms with Crippen LogP contribution in [0.1, 0.15) is 25.7 Å². The maximum Gasteiger partial charge on any atom is 0.234 e. The van der Waals surface area contributed by atoms with Gasteiger partial charge in [-0.05, 0) is 24.8 Å². The van der Waals surface area contributed by atoms with E-state index in [2.05, 4.69) is 0 Å². The summed E-state index contributed by atoms with van der Waals surface area (Å²) in [6, 6.07) is 0. The van der Waals surface area contributed by atoms with E-state index in [4.69, 9.17) is 5.73 Å². The van der Waals surface area contributed by atoms with Crippen LogP contribution in [-0.4, -0.2) is 27.1 Å². The SMILES string of the molecule is CS(=O)(=O)NC(=O)CC1(CN)CCC1. The molecule has 0 aromatic rings. The molecular formula is C8H16N2O3S. The quantitative estimate of drug-likeness (QED) is 0.673. The van der Waals surface area contributed by atoms with Gasteiger partial charge in [0.1, 0.15) is 0 Å². The Balaban J connectivity index is 2.48. The average molecular weight is 220 g/mol. The van der Waals surface area contributed by atoms with E-state index in [0.717, 1.165) is 25.5 Å². The van der Waals surface area contributed by atoms with Crippen LogP contribution in [0.15, 0.2) is 0 Å². The summed E-state index contributed by atoms with van der Waals surface area (Å²) >= 11 is 0. The number of carbonyl (C=O) groups excluding carboxylic acids is 1. The predicted octanol–water partition coefficient (Wildman–Crippen LogP) is -0.419. The Labute approximate surface area is 84.1 Å². The molecule has 1 saturated carbocycles. The molecule has 0 bridgehead atoms. The molecule has 0 saturated heterocycles. The zero-order valence-electron chi connectivity index (χ0n) is 8.25. The summed E-state index contributed by atoms with van der Waals surface area (Å²) < 4.78 is 23.5. The molecule has 1 fully saturated rings. The standard InChI is InChI=1S/C8H16N2O3S/c1-14(12,13)10-7(11)5-8(6-9)3-2-4-8/h2-6,9H2,1H3,(H,10,11). The van der Waals surface area contributed by atoms with E-state index in [-0.39, 0.29) is 11.8 Å². The maximum atomic E-state index is 11.3. The molecule has 0 spiro atoms. The van der Waals surface area contributed by atoms with Crippen LogP contribution in [0.2, 0.25) is 0 Å². The molecule has 82 valence electrons. The van der Waals surface area contributed by atoms with Crippen LogP contribution in [0.5, 0.6) is 0 Å². The molecule has 0 radical (unpaired) electrons. The predicted molar refractivity (Wildman–Crippen MR) is 52.9 cm³/mol. The van der Waals surface area contributed by atoms with E-state index >= 15 is 0 Å². The number of amides is 1. The molecule has 3 N–H and O–H groups in total. The van der Waals surface area contributed by atoms with E-state index in [9.17, 15) is 13.2 Å². The van der Waals surface area contributed by atoms with Gasteiger partial charge in [0, 0.05) is 6.42 Å². The molecular weight excluding hydrogens is 204 g/mol. The average Bonchev–Trinajstić information content (AvgIpc) is 1.93. The molecule has 1 aliphatic rings. The van der Waals surface area contributed by atoms with E-state index in [1.807, 2.05) is 4.72 Å². The first kappa shape index (κ1) is 11.5. The second-order valence-corrected chi connectivity index (χ2v) is 5.78. The fraction of sp³-hybridized carbons (Fsp3) is 0.875. The lowest BCUT2D eigenvalue weighted by atomic mass is 9.66. The van der Waals surface area contributed by atoms with Crippen molar-refractivity contribution >= 4 is 15.9 Å². The molecule has 0 heterocycles. The highest BCUT2D eigenvalue weighted by Crippen LogP contribution is 2.42. The van der Waals surface area contributed by atoms with Gasteiger partial charge in [0.2, 0.25) is 15.9 Å². The normalized spacial score (nSPS) is 19.9. The van der Waals surface area contributed by atoms with Gasteiger partial charge in [-0.15, -0.1) is 0 Å². The van der Waals surface area contributed by atoms with Crippen molar-refractivity contribution in [1.29, 1.82) is 0 Å². The van der Waals surface area contributed by atoms with Gasteiger partial charge in [-0.3, -0.25) is 9.52 Å². The minimum atomic E-state index is -3.43. The van der Waals surface area contributed by atoms with Gasteiger partial charge in [-0.25, -0.2) is 8.42 Å². The van der Waals surface area contributed by atoms with Gasteiger partial charge in [-0.2, -0.15) is 0 Å². The van der Waals surface area contributed by atoms with Gasteiger partial charge >= 0.3 is 0 Å². The lowest BCUT2D eigenvalue weighted by Crippen LogP contribution is -2.42. The van der Waals surface area contributed by atoms with Gasteiger partial charge in [0.05, 0.1) is 6.26 Å². The second-order valence-electron chi connectivity index (χ2n) is 4.03. The van der Waals surface area contributed by atoms with Crippen LogP contribution in [0, 0.1) is 5.41 Å². The van der Waals surface area contributed by atoms with Crippen molar-refractivity contribution in [2.45, 2.75) is 25.7 Å². The zero-order valence-corrected chi connectivity index (χ0v) is 9.06. The van der Waals surface area contributed by atoms with Crippen LogP contribution in [0.3, 0.4) is 0 Å². The molecule has 5 nitrogen and oxygen atoms in total. The van der Waals surface area contributed by atoms with Crippen LogP contribution in [0.4, 0.5) is 0 Å². The summed E-state index contributed by atoms with van der Waals surface area (Å²) in [7, 11) is -3.43. The number of hydrogen-bond acceptors (Lipinski definition) is 4. The number of hydrogen-bond donors (Lipinski definition) is 2. The molecule has 0 atom stereocenters. The Kier molecular flexibility index (Phi) is 3.16. The summed E-state index contributed by atoms with van der Waals surface area (Å²) in [6.45, 7) is 0.449. The smallest absolute Gasteiger partial charge is 0.234 e. The van der Waals surface area contributed by atoms with Crippen molar-refractivity contribution in [3.63, 3.8) is 0 Å². The van der Waals surface area contributed by atoms with Crippen LogP contribution in [0.25, 0.3) is 0 Å². The van der Waals surface area contributed by atoms with Gasteiger partial charge in [0.15, 0.2) is 0 Å². The Morgan fingerprint density at radius 3 is 2.36 bits per heavy atom. The zero-order chi connectivity index (χ0) is 10.8. The summed E-state index contributed by atoms with van der Waals surface area (Å²) in [5.74, 6) is -0.447. The third kappa shape index (κ3) is 2.95. The van der Waals surface area contributed by atoms with Gasteiger partial charge in [-0.1, -0.05) is 6.42 Å². The lowest BCUT2D eigenvalue weighted by molar-refractivity contribution is -0.122. The molecule has 14 heavy (non-hydrogen) atoms. The number of sulfonamides is 1. The van der Waals surface area contributed by atoms with Crippen LogP contribution >= 0.6 is 0 Å². The minimum Gasteiger partial charge on any atom is -0.330 e. The summed E-state index contributed by atoms with van der Waals surface area (Å²) in [6.07, 6.45) is 4.10. The van der Waals surface area contributed by atoms with Crippen molar-refractivity contribution in [2.75, 3.05) is 12.8 Å². The Morgan fingerprint density at radius 2 is 2.07 bits per heavy atom. The van der Waals surface area contributed by atoms with Crippen molar-refractivity contribution in [2.24, 2.45) is 11.1 Å². The van der Waals surface area contributed by atoms with Gasteiger partial charge in [0.25, 0.3) is 0 Å². The van der Waals surface area contributed by atoms with E-state index in [1.165, 1.54) is 0 Å². The summed E-state index contributed by atoms with van der Waals surface area (Å²) in [5.41, 5.74) is 5.41. The van der Waals surface area contributed by atoms with Crippen molar-refractivity contribution in [3.05, 3.63) is 0 Å². The number of rotatable bonds is 4. The molecule has 0 aliphatic heterocycles. The van der Waals surface area contributed by atoms with Crippen molar-refractivity contribution in [1.82, 2.24) is 4.72 Å². The molecule has 6 heteroatoms. The molecule has 0 aromatic carbocycles. The number of nitrogens with two attached hydrogens (primary N) is 1. The highest BCUT2D eigenvalue weighted by molar-refractivity contribution is 7.89. The van der Waals surface area contributed by atoms with Crippen LogP contribution in [-0.2, 0) is 14.8 Å².